The molecule has 15 heavy (non-hydrogen) atoms. The van der Waals surface area contributed by atoms with Gasteiger partial charge in [0.15, 0.2) is 0 Å². The van der Waals surface area contributed by atoms with Gasteiger partial charge in [0.05, 0.1) is 0 Å². The smallest absolute Gasteiger partial charge is 0.554 e. The Morgan fingerprint density at radius 1 is 1.13 bits per heavy atom. The van der Waals surface area contributed by atoms with Gasteiger partial charge in [-0.3, -0.25) is 0 Å². The SMILES string of the molecule is CC(=O)[O-].CCC(=O)[O-].O=C[O-].[Na+].[Na+].[Na+]. The molecule has 0 aliphatic carbocycles. The molecule has 0 aromatic heterocycles. The van der Waals surface area contributed by atoms with Crippen molar-refractivity contribution in [3.8, 4) is 0 Å². The third kappa shape index (κ3) is 238. The average Bonchev–Trinajstić information content (AvgIpc) is 1.88. The fourth-order valence-corrected chi connectivity index (χ4v) is 0. The van der Waals surface area contributed by atoms with Gasteiger partial charge in [-0.15, -0.1) is 0 Å². The van der Waals surface area contributed by atoms with Gasteiger partial charge in [0.2, 0.25) is 0 Å². The van der Waals surface area contributed by atoms with Crippen molar-refractivity contribution in [2.75, 3.05) is 0 Å². The van der Waals surface area contributed by atoms with Crippen LogP contribution < -0.4 is 104 Å². The Balaban J connectivity index is -0.0000000189. The van der Waals surface area contributed by atoms with Gasteiger partial charge in [-0.2, -0.15) is 0 Å². The number of hydrogen-bond acceptors (Lipinski definition) is 6. The summed E-state index contributed by atoms with van der Waals surface area (Å²) >= 11 is 0. The van der Waals surface area contributed by atoms with Gasteiger partial charge < -0.3 is 29.7 Å². The van der Waals surface area contributed by atoms with Gasteiger partial charge in [-0.25, -0.2) is 0 Å². The zero-order valence-electron chi connectivity index (χ0n) is 9.73. The normalized spacial score (nSPS) is 4.93. The van der Waals surface area contributed by atoms with Crippen LogP contribution in [0.5, 0.6) is 0 Å². The summed E-state index contributed by atoms with van der Waals surface area (Å²) < 4.78 is 0. The molecule has 0 amide bonds. The van der Waals surface area contributed by atoms with E-state index in [0.717, 1.165) is 6.92 Å². The predicted molar refractivity (Wildman–Crippen MR) is 32.0 cm³/mol. The number of hydrogen-bond donors (Lipinski definition) is 0. The summed E-state index contributed by atoms with van der Waals surface area (Å²) in [4.78, 5) is 26.4. The van der Waals surface area contributed by atoms with E-state index in [9.17, 15) is 9.90 Å². The van der Waals surface area contributed by atoms with Crippen molar-refractivity contribution in [1.82, 2.24) is 0 Å². The summed E-state index contributed by atoms with van der Waals surface area (Å²) in [5.74, 6) is -2.08. The molecule has 0 rings (SSSR count). The Labute approximate surface area is 155 Å². The van der Waals surface area contributed by atoms with Crippen LogP contribution in [0.1, 0.15) is 20.3 Å². The van der Waals surface area contributed by atoms with E-state index in [1.807, 2.05) is 0 Å². The molecule has 0 bridgehead atoms. The second-order valence-corrected chi connectivity index (χ2v) is 1.31. The molecule has 6 nitrogen and oxygen atoms in total. The molecule has 0 radical (unpaired) electrons. The van der Waals surface area contributed by atoms with Crippen molar-refractivity contribution in [3.05, 3.63) is 0 Å². The first kappa shape index (κ1) is 36.0. The molecule has 0 unspecified atom stereocenters. The fourth-order valence-electron chi connectivity index (χ4n) is 0. The van der Waals surface area contributed by atoms with E-state index in [1.54, 1.807) is 0 Å². The molecular formula is C6H9Na3O6. The van der Waals surface area contributed by atoms with E-state index in [-0.39, 0.29) is 95.1 Å². The van der Waals surface area contributed by atoms with E-state index < -0.39 is 18.4 Å². The Kier molecular flexibility index (Phi) is 86.6. The number of carboxylic acid groups (broad SMARTS) is 3. The first-order valence-corrected chi connectivity index (χ1v) is 2.85. The van der Waals surface area contributed by atoms with Gasteiger partial charge in [0.1, 0.15) is 0 Å². The predicted octanol–water partition coefficient (Wildman–Crippen LogP) is -12.7. The molecule has 0 atom stereocenters. The molecular weight excluding hydrogens is 237 g/mol. The van der Waals surface area contributed by atoms with Gasteiger partial charge >= 0.3 is 88.7 Å². The first-order valence-electron chi connectivity index (χ1n) is 2.85. The van der Waals surface area contributed by atoms with E-state index in [2.05, 4.69) is 0 Å². The van der Waals surface area contributed by atoms with Crippen LogP contribution in [0.3, 0.4) is 0 Å². The van der Waals surface area contributed by atoms with E-state index in [0.29, 0.717) is 0 Å². The van der Waals surface area contributed by atoms with E-state index in [4.69, 9.17) is 19.8 Å². The van der Waals surface area contributed by atoms with Gasteiger partial charge in [0.25, 0.3) is 0 Å². The average molecular weight is 246 g/mol. The van der Waals surface area contributed by atoms with Crippen LogP contribution in [0.2, 0.25) is 0 Å². The largest absolute Gasteiger partial charge is 1.00 e. The summed E-state index contributed by atoms with van der Waals surface area (Å²) in [7, 11) is 0. The van der Waals surface area contributed by atoms with Gasteiger partial charge in [-0.05, 0) is 13.3 Å². The number of aliphatic carboxylic acids is 2. The fraction of sp³-hybridized carbons (Fsp3) is 0.500. The van der Waals surface area contributed by atoms with E-state index >= 15 is 0 Å². The summed E-state index contributed by atoms with van der Waals surface area (Å²) in [6.45, 7) is 2.01. The summed E-state index contributed by atoms with van der Waals surface area (Å²) in [5.41, 5.74) is 0. The van der Waals surface area contributed by atoms with Crippen LogP contribution in [-0.2, 0) is 14.4 Å². The van der Waals surface area contributed by atoms with Crippen LogP contribution in [0.15, 0.2) is 0 Å². The topological polar surface area (TPSA) is 120 Å². The Morgan fingerprint density at radius 2 is 1.20 bits per heavy atom. The molecule has 0 saturated heterocycles. The van der Waals surface area contributed by atoms with Crippen LogP contribution in [-0.4, -0.2) is 18.4 Å². The molecule has 0 aromatic carbocycles. The van der Waals surface area contributed by atoms with Crippen LogP contribution in [0, 0.1) is 0 Å². The number of carbonyl (C=O) groups is 3. The Morgan fingerprint density at radius 3 is 1.20 bits per heavy atom. The molecule has 72 valence electrons. The zero-order valence-corrected chi connectivity index (χ0v) is 15.7. The van der Waals surface area contributed by atoms with Crippen LogP contribution in [0.25, 0.3) is 0 Å². The summed E-state index contributed by atoms with van der Waals surface area (Å²) in [6, 6.07) is 0. The molecule has 9 heteroatoms. The standard InChI is InChI=1S/C3H6O2.C2H4O2.CH2O2.3Na/c1-2-3(4)5;1-2(3)4;2-1-3;;;/h2H2,1H3,(H,4,5);1H3,(H,3,4);1H,(H,2,3);;;/q;;;3*+1/p-3. The van der Waals surface area contributed by atoms with Crippen molar-refractivity contribution in [2.45, 2.75) is 20.3 Å². The van der Waals surface area contributed by atoms with Gasteiger partial charge in [-0.1, -0.05) is 6.92 Å². The maximum atomic E-state index is 9.26. The molecule has 0 saturated carbocycles. The zero-order chi connectivity index (χ0) is 10.6. The minimum Gasteiger partial charge on any atom is -0.554 e. The molecule has 0 spiro atoms. The summed E-state index contributed by atoms with van der Waals surface area (Å²) in [6.07, 6.45) is 0.111. The van der Waals surface area contributed by atoms with Crippen molar-refractivity contribution < 1.29 is 118 Å². The third-order valence-electron chi connectivity index (χ3n) is 0.289. The second kappa shape index (κ2) is 36.1. The van der Waals surface area contributed by atoms with Crippen molar-refractivity contribution in [3.63, 3.8) is 0 Å². The van der Waals surface area contributed by atoms with Gasteiger partial charge in [0, 0.05) is 18.4 Å². The van der Waals surface area contributed by atoms with Crippen molar-refractivity contribution >= 4 is 18.4 Å². The molecule has 0 aliphatic rings. The second-order valence-electron chi connectivity index (χ2n) is 1.31. The van der Waals surface area contributed by atoms with Crippen LogP contribution in [0.4, 0.5) is 0 Å². The van der Waals surface area contributed by atoms with Crippen molar-refractivity contribution in [1.29, 1.82) is 0 Å². The minimum absolute atomic E-state index is 0. The molecule has 0 aromatic rings. The quantitative estimate of drug-likeness (QED) is 0.334. The number of rotatable bonds is 1. The number of carboxylic acids is 2. The third-order valence-corrected chi connectivity index (χ3v) is 0.289. The maximum Gasteiger partial charge on any atom is 1.00 e. The first-order chi connectivity index (χ1) is 5.42. The maximum absolute atomic E-state index is 9.26. The molecule has 0 aliphatic heterocycles. The minimum atomic E-state index is -1.08. The molecule has 0 fully saturated rings. The monoisotopic (exact) mass is 246 g/mol. The summed E-state index contributed by atoms with van der Waals surface area (Å²) in [5, 5.41) is 26.4. The van der Waals surface area contributed by atoms with E-state index in [1.165, 1.54) is 6.92 Å². The molecule has 0 heterocycles. The Hall–Kier alpha value is 1.41. The Bertz CT molecular complexity index is 137. The van der Waals surface area contributed by atoms with Crippen molar-refractivity contribution in [2.24, 2.45) is 0 Å². The van der Waals surface area contributed by atoms with Crippen LogP contribution >= 0.6 is 0 Å². The number of carbonyl (C=O) groups excluding carboxylic acids is 3. The molecule has 0 N–H and O–H groups in total.